The second kappa shape index (κ2) is 6.16. The van der Waals surface area contributed by atoms with E-state index in [-0.39, 0.29) is 0 Å². The van der Waals surface area contributed by atoms with Crippen LogP contribution in [-0.2, 0) is 0 Å². The molecule has 1 aromatic carbocycles. The summed E-state index contributed by atoms with van der Waals surface area (Å²) in [5.74, 6) is 1.60. The molecule has 0 aromatic heterocycles. The molecule has 2 atom stereocenters. The van der Waals surface area contributed by atoms with Crippen LogP contribution in [0.1, 0.15) is 39.5 Å². The standard InChI is InChI=1S/C15H21Cl2N/c1-10(2)11-4-3-5-13(8-11)18-15-9-12(16)6-7-14(15)17/h6-7,9-11,13,18H,3-5,8H2,1-2H3. The molecule has 0 heterocycles. The molecule has 0 saturated heterocycles. The van der Waals surface area contributed by atoms with Crippen molar-refractivity contribution in [3.05, 3.63) is 28.2 Å². The molecule has 1 saturated carbocycles. The summed E-state index contributed by atoms with van der Waals surface area (Å²) in [7, 11) is 0. The average molecular weight is 286 g/mol. The molecule has 1 aliphatic carbocycles. The maximum absolute atomic E-state index is 6.19. The minimum absolute atomic E-state index is 0.530. The van der Waals surface area contributed by atoms with Gasteiger partial charge in [0.05, 0.1) is 10.7 Å². The summed E-state index contributed by atoms with van der Waals surface area (Å²) in [4.78, 5) is 0. The van der Waals surface area contributed by atoms with Crippen molar-refractivity contribution in [1.29, 1.82) is 0 Å². The predicted octanol–water partition coefficient (Wildman–Crippen LogP) is 5.62. The van der Waals surface area contributed by atoms with Gasteiger partial charge in [-0.05, 0) is 42.9 Å². The van der Waals surface area contributed by atoms with Crippen LogP contribution in [0.3, 0.4) is 0 Å². The fourth-order valence-corrected chi connectivity index (χ4v) is 3.14. The molecule has 0 amide bonds. The number of benzene rings is 1. The van der Waals surface area contributed by atoms with Crippen molar-refractivity contribution in [1.82, 2.24) is 0 Å². The zero-order chi connectivity index (χ0) is 13.1. The number of halogens is 2. The third-order valence-corrected chi connectivity index (χ3v) is 4.51. The summed E-state index contributed by atoms with van der Waals surface area (Å²) in [5.41, 5.74) is 0.971. The monoisotopic (exact) mass is 285 g/mol. The molecular weight excluding hydrogens is 265 g/mol. The zero-order valence-electron chi connectivity index (χ0n) is 11.0. The van der Waals surface area contributed by atoms with Crippen LogP contribution in [0.4, 0.5) is 5.69 Å². The lowest BCUT2D eigenvalue weighted by molar-refractivity contribution is 0.264. The van der Waals surface area contributed by atoms with E-state index in [1.165, 1.54) is 25.7 Å². The molecule has 3 heteroatoms. The highest BCUT2D eigenvalue weighted by Crippen LogP contribution is 2.33. The average Bonchev–Trinajstić information content (AvgIpc) is 2.34. The maximum atomic E-state index is 6.19. The van der Waals surface area contributed by atoms with Gasteiger partial charge in [0.1, 0.15) is 0 Å². The van der Waals surface area contributed by atoms with Crippen molar-refractivity contribution in [2.45, 2.75) is 45.6 Å². The lowest BCUT2D eigenvalue weighted by Gasteiger charge is -2.32. The van der Waals surface area contributed by atoms with E-state index in [9.17, 15) is 0 Å². The van der Waals surface area contributed by atoms with E-state index in [0.29, 0.717) is 6.04 Å². The van der Waals surface area contributed by atoms with Crippen LogP contribution in [0.5, 0.6) is 0 Å². The van der Waals surface area contributed by atoms with Crippen LogP contribution < -0.4 is 5.32 Å². The van der Waals surface area contributed by atoms with Crippen LogP contribution in [0, 0.1) is 11.8 Å². The molecule has 1 N–H and O–H groups in total. The Hall–Kier alpha value is -0.400. The fourth-order valence-electron chi connectivity index (χ4n) is 2.79. The highest BCUT2D eigenvalue weighted by molar-refractivity contribution is 6.35. The van der Waals surface area contributed by atoms with Crippen LogP contribution in [0.25, 0.3) is 0 Å². The van der Waals surface area contributed by atoms with Crippen molar-refractivity contribution in [2.24, 2.45) is 11.8 Å². The van der Waals surface area contributed by atoms with E-state index in [0.717, 1.165) is 27.6 Å². The van der Waals surface area contributed by atoms with Crippen molar-refractivity contribution < 1.29 is 0 Å². The van der Waals surface area contributed by atoms with Crippen molar-refractivity contribution in [3.63, 3.8) is 0 Å². The third kappa shape index (κ3) is 3.55. The fraction of sp³-hybridized carbons (Fsp3) is 0.600. The molecule has 0 bridgehead atoms. The Bertz CT molecular complexity index is 403. The van der Waals surface area contributed by atoms with Gasteiger partial charge in [-0.25, -0.2) is 0 Å². The Morgan fingerprint density at radius 3 is 2.72 bits per heavy atom. The van der Waals surface area contributed by atoms with Crippen molar-refractivity contribution in [2.75, 3.05) is 5.32 Å². The number of hydrogen-bond acceptors (Lipinski definition) is 1. The van der Waals surface area contributed by atoms with Crippen LogP contribution in [-0.4, -0.2) is 6.04 Å². The highest BCUT2D eigenvalue weighted by Gasteiger charge is 2.24. The normalized spacial score (nSPS) is 24.3. The molecule has 0 radical (unpaired) electrons. The largest absolute Gasteiger partial charge is 0.381 e. The van der Waals surface area contributed by atoms with Crippen LogP contribution >= 0.6 is 23.2 Å². The van der Waals surface area contributed by atoms with Gasteiger partial charge in [0.25, 0.3) is 0 Å². The number of hydrogen-bond donors (Lipinski definition) is 1. The van der Waals surface area contributed by atoms with Gasteiger partial charge in [0.15, 0.2) is 0 Å². The quantitative estimate of drug-likeness (QED) is 0.760. The minimum atomic E-state index is 0.530. The van der Waals surface area contributed by atoms with E-state index in [4.69, 9.17) is 23.2 Å². The Kier molecular flexibility index (Phi) is 4.80. The third-order valence-electron chi connectivity index (χ3n) is 3.95. The van der Waals surface area contributed by atoms with Gasteiger partial charge in [0, 0.05) is 11.1 Å². The Morgan fingerprint density at radius 2 is 2.00 bits per heavy atom. The van der Waals surface area contributed by atoms with Gasteiger partial charge in [-0.2, -0.15) is 0 Å². The molecule has 1 fully saturated rings. The van der Waals surface area contributed by atoms with Gasteiger partial charge >= 0.3 is 0 Å². The second-order valence-electron chi connectivity index (χ2n) is 5.64. The van der Waals surface area contributed by atoms with Gasteiger partial charge in [0.2, 0.25) is 0 Å². The summed E-state index contributed by atoms with van der Waals surface area (Å²) >= 11 is 12.2. The summed E-state index contributed by atoms with van der Waals surface area (Å²) in [6, 6.07) is 6.13. The molecule has 2 rings (SSSR count). The number of anilines is 1. The molecule has 2 unspecified atom stereocenters. The van der Waals surface area contributed by atoms with Crippen molar-refractivity contribution in [3.8, 4) is 0 Å². The Morgan fingerprint density at radius 1 is 1.22 bits per heavy atom. The lowest BCUT2D eigenvalue weighted by Crippen LogP contribution is -2.29. The molecule has 1 nitrogen and oxygen atoms in total. The highest BCUT2D eigenvalue weighted by atomic mass is 35.5. The first-order valence-electron chi connectivity index (χ1n) is 6.78. The van der Waals surface area contributed by atoms with E-state index < -0.39 is 0 Å². The van der Waals surface area contributed by atoms with Gasteiger partial charge in [-0.3, -0.25) is 0 Å². The molecular formula is C15H21Cl2N. The maximum Gasteiger partial charge on any atom is 0.0638 e. The first-order valence-corrected chi connectivity index (χ1v) is 7.53. The molecule has 1 aliphatic rings. The molecule has 1 aromatic rings. The topological polar surface area (TPSA) is 12.0 Å². The van der Waals surface area contributed by atoms with E-state index in [2.05, 4.69) is 19.2 Å². The summed E-state index contributed by atoms with van der Waals surface area (Å²) in [5, 5.41) is 5.05. The molecule has 100 valence electrons. The smallest absolute Gasteiger partial charge is 0.0638 e. The number of rotatable bonds is 3. The van der Waals surface area contributed by atoms with Crippen LogP contribution in [0.2, 0.25) is 10.0 Å². The second-order valence-corrected chi connectivity index (χ2v) is 6.48. The summed E-state index contributed by atoms with van der Waals surface area (Å²) < 4.78 is 0. The van der Waals surface area contributed by atoms with Gasteiger partial charge < -0.3 is 5.32 Å². The van der Waals surface area contributed by atoms with Gasteiger partial charge in [-0.15, -0.1) is 0 Å². The van der Waals surface area contributed by atoms with E-state index in [1.54, 1.807) is 0 Å². The number of nitrogens with one attached hydrogen (secondary N) is 1. The molecule has 0 aliphatic heterocycles. The van der Waals surface area contributed by atoms with E-state index >= 15 is 0 Å². The first kappa shape index (κ1) is 14.0. The van der Waals surface area contributed by atoms with Crippen LogP contribution in [0.15, 0.2) is 18.2 Å². The Labute approximate surface area is 120 Å². The SMILES string of the molecule is CC(C)C1CCCC(Nc2cc(Cl)ccc2Cl)C1. The summed E-state index contributed by atoms with van der Waals surface area (Å²) in [6.07, 6.45) is 5.13. The molecule has 18 heavy (non-hydrogen) atoms. The van der Waals surface area contributed by atoms with Crippen molar-refractivity contribution >= 4 is 28.9 Å². The summed E-state index contributed by atoms with van der Waals surface area (Å²) in [6.45, 7) is 4.64. The van der Waals surface area contributed by atoms with E-state index in [1.807, 2.05) is 18.2 Å². The minimum Gasteiger partial charge on any atom is -0.381 e. The predicted molar refractivity (Wildman–Crippen MR) is 80.7 cm³/mol. The molecule has 0 spiro atoms. The Balaban J connectivity index is 2.02. The zero-order valence-corrected chi connectivity index (χ0v) is 12.6. The lowest BCUT2D eigenvalue weighted by atomic mass is 9.79. The first-order chi connectivity index (χ1) is 8.56. The van der Waals surface area contributed by atoms with Gasteiger partial charge in [-0.1, -0.05) is 49.9 Å².